The molecule has 4 amide bonds. The molecule has 3 aromatic carbocycles. The second kappa shape index (κ2) is 9.89. The lowest BCUT2D eigenvalue weighted by molar-refractivity contribution is -0.122. The van der Waals surface area contributed by atoms with E-state index in [1.807, 2.05) is 18.2 Å². The van der Waals surface area contributed by atoms with Crippen LogP contribution in [0.25, 0.3) is 6.08 Å². The standard InChI is InChI=1S/C25H17Cl3N2O4/c1-14-6-8-17(26)12-21(14)30-24(32)18(23(31)29-25(30)33)10-15-7-9-22(20(28)11-15)34-13-16-4-2-3-5-19(16)27/h2-12H,13H2,1H3,(H,29,31,33)/b18-10+. The number of barbiturate groups is 1. The molecule has 1 N–H and O–H groups in total. The molecule has 0 atom stereocenters. The molecular weight excluding hydrogens is 499 g/mol. The van der Waals surface area contributed by atoms with Gasteiger partial charge in [0.1, 0.15) is 17.9 Å². The fraction of sp³-hybridized carbons (Fsp3) is 0.0800. The van der Waals surface area contributed by atoms with Crippen LogP contribution in [0.3, 0.4) is 0 Å². The number of urea groups is 1. The summed E-state index contributed by atoms with van der Waals surface area (Å²) < 4.78 is 5.76. The van der Waals surface area contributed by atoms with E-state index in [1.54, 1.807) is 43.3 Å². The Kier molecular flexibility index (Phi) is 6.93. The molecule has 6 nitrogen and oxygen atoms in total. The second-order valence-electron chi connectivity index (χ2n) is 7.46. The van der Waals surface area contributed by atoms with E-state index in [-0.39, 0.29) is 22.9 Å². The lowest BCUT2D eigenvalue weighted by atomic mass is 10.1. The summed E-state index contributed by atoms with van der Waals surface area (Å²) in [4.78, 5) is 38.9. The number of benzene rings is 3. The minimum Gasteiger partial charge on any atom is -0.487 e. The van der Waals surface area contributed by atoms with Gasteiger partial charge in [-0.3, -0.25) is 14.9 Å². The SMILES string of the molecule is Cc1ccc(Cl)cc1N1C(=O)NC(=O)/C(=C\c2ccc(OCc3ccccc3Cl)c(Cl)c2)C1=O. The van der Waals surface area contributed by atoms with Crippen LogP contribution in [0, 0.1) is 6.92 Å². The third-order valence-corrected chi connectivity index (χ3v) is 6.02. The fourth-order valence-corrected chi connectivity index (χ4v) is 3.96. The van der Waals surface area contributed by atoms with Crippen molar-refractivity contribution < 1.29 is 19.1 Å². The van der Waals surface area contributed by atoms with E-state index in [0.29, 0.717) is 26.9 Å². The minimum atomic E-state index is -0.848. The number of hydrogen-bond donors (Lipinski definition) is 1. The number of carbonyl (C=O) groups is 3. The topological polar surface area (TPSA) is 75.7 Å². The molecule has 1 aliphatic heterocycles. The van der Waals surface area contributed by atoms with E-state index in [0.717, 1.165) is 10.5 Å². The van der Waals surface area contributed by atoms with E-state index < -0.39 is 17.8 Å². The van der Waals surface area contributed by atoms with Gasteiger partial charge in [0.15, 0.2) is 0 Å². The molecule has 0 aliphatic carbocycles. The number of aryl methyl sites for hydroxylation is 1. The van der Waals surface area contributed by atoms with Crippen molar-refractivity contribution >= 4 is 64.4 Å². The van der Waals surface area contributed by atoms with E-state index >= 15 is 0 Å². The molecule has 0 aromatic heterocycles. The zero-order valence-corrected chi connectivity index (χ0v) is 20.0. The Balaban J connectivity index is 1.60. The highest BCUT2D eigenvalue weighted by Gasteiger charge is 2.37. The smallest absolute Gasteiger partial charge is 0.335 e. The lowest BCUT2D eigenvalue weighted by Gasteiger charge is -2.27. The highest BCUT2D eigenvalue weighted by molar-refractivity contribution is 6.40. The molecule has 172 valence electrons. The number of anilines is 1. The van der Waals surface area contributed by atoms with Crippen LogP contribution in [-0.4, -0.2) is 17.8 Å². The van der Waals surface area contributed by atoms with Crippen LogP contribution in [0.15, 0.2) is 66.2 Å². The first-order valence-corrected chi connectivity index (χ1v) is 11.2. The van der Waals surface area contributed by atoms with Gasteiger partial charge in [-0.2, -0.15) is 0 Å². The Morgan fingerprint density at radius 1 is 0.941 bits per heavy atom. The van der Waals surface area contributed by atoms with Gasteiger partial charge in [-0.1, -0.05) is 65.1 Å². The number of halogens is 3. The van der Waals surface area contributed by atoms with Crippen molar-refractivity contribution in [3.8, 4) is 5.75 Å². The lowest BCUT2D eigenvalue weighted by Crippen LogP contribution is -2.54. The molecule has 1 aliphatic rings. The van der Waals surface area contributed by atoms with E-state index in [9.17, 15) is 14.4 Å². The van der Waals surface area contributed by atoms with Crippen LogP contribution in [-0.2, 0) is 16.2 Å². The number of nitrogens with zero attached hydrogens (tertiary/aromatic N) is 1. The van der Waals surface area contributed by atoms with Gasteiger partial charge in [0, 0.05) is 15.6 Å². The number of nitrogens with one attached hydrogen (secondary N) is 1. The molecule has 9 heteroatoms. The summed E-state index contributed by atoms with van der Waals surface area (Å²) in [7, 11) is 0. The van der Waals surface area contributed by atoms with Crippen LogP contribution in [0.2, 0.25) is 15.1 Å². The molecule has 0 spiro atoms. The van der Waals surface area contributed by atoms with Crippen LogP contribution >= 0.6 is 34.8 Å². The van der Waals surface area contributed by atoms with E-state index in [1.165, 1.54) is 12.1 Å². The van der Waals surface area contributed by atoms with Gasteiger partial charge in [-0.25, -0.2) is 9.69 Å². The van der Waals surface area contributed by atoms with Crippen molar-refractivity contribution in [2.75, 3.05) is 4.90 Å². The quantitative estimate of drug-likeness (QED) is 0.324. The van der Waals surface area contributed by atoms with Gasteiger partial charge in [-0.15, -0.1) is 0 Å². The van der Waals surface area contributed by atoms with Crippen LogP contribution in [0.4, 0.5) is 10.5 Å². The van der Waals surface area contributed by atoms with E-state index in [2.05, 4.69) is 5.32 Å². The van der Waals surface area contributed by atoms with Crippen molar-refractivity contribution in [3.05, 3.63) is 98.0 Å². The summed E-state index contributed by atoms with van der Waals surface area (Å²) in [5, 5.41) is 3.40. The van der Waals surface area contributed by atoms with Crippen LogP contribution in [0.1, 0.15) is 16.7 Å². The van der Waals surface area contributed by atoms with Crippen LogP contribution in [0.5, 0.6) is 5.75 Å². The molecule has 0 radical (unpaired) electrons. The van der Waals surface area contributed by atoms with Gasteiger partial charge < -0.3 is 4.74 Å². The van der Waals surface area contributed by atoms with Gasteiger partial charge in [0.25, 0.3) is 11.8 Å². The molecule has 0 saturated carbocycles. The van der Waals surface area contributed by atoms with E-state index in [4.69, 9.17) is 39.5 Å². The molecule has 0 bridgehead atoms. The zero-order chi connectivity index (χ0) is 24.4. The van der Waals surface area contributed by atoms with Crippen molar-refractivity contribution in [3.63, 3.8) is 0 Å². The maximum Gasteiger partial charge on any atom is 0.335 e. The average molecular weight is 516 g/mol. The Labute approximate surface area is 210 Å². The predicted octanol–water partition coefficient (Wildman–Crippen LogP) is 6.20. The van der Waals surface area contributed by atoms with Gasteiger partial charge >= 0.3 is 6.03 Å². The van der Waals surface area contributed by atoms with Crippen molar-refractivity contribution in [1.82, 2.24) is 5.32 Å². The Bertz CT molecular complexity index is 1350. The first-order valence-electron chi connectivity index (χ1n) is 10.1. The fourth-order valence-electron chi connectivity index (χ4n) is 3.36. The van der Waals surface area contributed by atoms with Crippen molar-refractivity contribution in [1.29, 1.82) is 0 Å². The monoisotopic (exact) mass is 514 g/mol. The molecule has 34 heavy (non-hydrogen) atoms. The predicted molar refractivity (Wildman–Crippen MR) is 132 cm³/mol. The maximum atomic E-state index is 13.1. The third-order valence-electron chi connectivity index (χ3n) is 5.12. The number of hydrogen-bond acceptors (Lipinski definition) is 4. The number of amides is 4. The van der Waals surface area contributed by atoms with Crippen molar-refractivity contribution in [2.45, 2.75) is 13.5 Å². The number of rotatable bonds is 5. The van der Waals surface area contributed by atoms with Gasteiger partial charge in [-0.05, 0) is 54.5 Å². The summed E-state index contributed by atoms with van der Waals surface area (Å²) in [5.41, 5.74) is 1.99. The molecule has 1 saturated heterocycles. The second-order valence-corrected chi connectivity index (χ2v) is 8.71. The summed E-state index contributed by atoms with van der Waals surface area (Å²) in [6, 6.07) is 16.1. The number of carbonyl (C=O) groups excluding carboxylic acids is 3. The van der Waals surface area contributed by atoms with Gasteiger partial charge in [0.05, 0.1) is 10.7 Å². The minimum absolute atomic E-state index is 0.219. The summed E-state index contributed by atoms with van der Waals surface area (Å²) in [6.45, 7) is 1.95. The number of imide groups is 2. The Morgan fingerprint density at radius 3 is 2.44 bits per heavy atom. The highest BCUT2D eigenvalue weighted by Crippen LogP contribution is 2.30. The molecular formula is C25H17Cl3N2O4. The molecule has 3 aromatic rings. The average Bonchev–Trinajstić information content (AvgIpc) is 2.79. The van der Waals surface area contributed by atoms with Crippen LogP contribution < -0.4 is 15.0 Å². The molecule has 1 fully saturated rings. The molecule has 0 unspecified atom stereocenters. The number of ether oxygens (including phenoxy) is 1. The third kappa shape index (κ3) is 4.94. The normalized spacial score (nSPS) is 15.0. The maximum absolute atomic E-state index is 13.1. The summed E-state index contributed by atoms with van der Waals surface area (Å²) >= 11 is 18.6. The Hall–Kier alpha value is -3.32. The summed E-state index contributed by atoms with van der Waals surface area (Å²) in [6.07, 6.45) is 1.36. The highest BCUT2D eigenvalue weighted by atomic mass is 35.5. The zero-order valence-electron chi connectivity index (χ0n) is 17.8. The molecule has 1 heterocycles. The first-order chi connectivity index (χ1) is 16.2. The molecule has 4 rings (SSSR count). The van der Waals surface area contributed by atoms with Gasteiger partial charge in [0.2, 0.25) is 0 Å². The summed E-state index contributed by atoms with van der Waals surface area (Å²) in [5.74, 6) is -1.16. The first kappa shape index (κ1) is 23.8. The van der Waals surface area contributed by atoms with Crippen molar-refractivity contribution in [2.24, 2.45) is 0 Å². The Morgan fingerprint density at radius 2 is 1.71 bits per heavy atom. The largest absolute Gasteiger partial charge is 0.487 e.